The quantitative estimate of drug-likeness (QED) is 0.489. The van der Waals surface area contributed by atoms with Crippen molar-refractivity contribution in [2.24, 2.45) is 5.11 Å². The third-order valence-electron chi connectivity index (χ3n) is 3.07. The number of aliphatic hydroxyl groups is 1. The highest BCUT2D eigenvalue weighted by atomic mass is 16.3. The van der Waals surface area contributed by atoms with E-state index in [9.17, 15) is 5.11 Å². The summed E-state index contributed by atoms with van der Waals surface area (Å²) in [5, 5.41) is 13.3. The molecule has 0 spiro atoms. The summed E-state index contributed by atoms with van der Waals surface area (Å²) < 4.78 is 0. The minimum Gasteiger partial charge on any atom is -0.396 e. The van der Waals surface area contributed by atoms with E-state index < -0.39 is 0 Å². The Morgan fingerprint density at radius 3 is 2.42 bits per heavy atom. The smallest absolute Gasteiger partial charge is 0.0503 e. The largest absolute Gasteiger partial charge is 0.396 e. The third-order valence-corrected chi connectivity index (χ3v) is 3.07. The molecule has 0 aromatic heterocycles. The van der Waals surface area contributed by atoms with Crippen LogP contribution in [0, 0.1) is 0 Å². The van der Waals surface area contributed by atoms with Crippen LogP contribution in [0.3, 0.4) is 0 Å². The fourth-order valence-electron chi connectivity index (χ4n) is 2.14. The van der Waals surface area contributed by atoms with Crippen LogP contribution in [-0.2, 0) is 6.42 Å². The van der Waals surface area contributed by atoms with Gasteiger partial charge in [-0.3, -0.25) is 0 Å². The fourth-order valence-corrected chi connectivity index (χ4v) is 2.14. The van der Waals surface area contributed by atoms with E-state index in [0.29, 0.717) is 5.69 Å². The lowest BCUT2D eigenvalue weighted by Gasteiger charge is -2.16. The molecule has 4 heteroatoms. The van der Waals surface area contributed by atoms with Gasteiger partial charge in [0.1, 0.15) is 0 Å². The van der Waals surface area contributed by atoms with Crippen LogP contribution < -0.4 is 0 Å². The maximum atomic E-state index is 9.60. The van der Waals surface area contributed by atoms with E-state index in [-0.39, 0.29) is 12.5 Å². The first-order valence-corrected chi connectivity index (χ1v) is 6.14. The molecule has 0 saturated carbocycles. The molecular formula is C15H15N3O. The molecule has 0 saturated heterocycles. The van der Waals surface area contributed by atoms with Gasteiger partial charge in [-0.2, -0.15) is 0 Å². The molecule has 0 bridgehead atoms. The molecule has 1 unspecified atom stereocenters. The monoisotopic (exact) mass is 253 g/mol. The van der Waals surface area contributed by atoms with Gasteiger partial charge < -0.3 is 5.11 Å². The summed E-state index contributed by atoms with van der Waals surface area (Å²) in [4.78, 5) is 2.83. The number of rotatable bonds is 5. The van der Waals surface area contributed by atoms with Crippen molar-refractivity contribution in [1.29, 1.82) is 0 Å². The van der Waals surface area contributed by atoms with Gasteiger partial charge in [0.05, 0.1) is 6.61 Å². The minimum atomic E-state index is -0.0656. The summed E-state index contributed by atoms with van der Waals surface area (Å²) in [5.41, 5.74) is 11.2. The molecule has 0 amide bonds. The van der Waals surface area contributed by atoms with Gasteiger partial charge in [-0.25, -0.2) is 0 Å². The van der Waals surface area contributed by atoms with E-state index in [1.165, 1.54) is 0 Å². The zero-order valence-electron chi connectivity index (χ0n) is 10.5. The van der Waals surface area contributed by atoms with Crippen molar-refractivity contribution in [2.45, 2.75) is 12.3 Å². The summed E-state index contributed by atoms with van der Waals surface area (Å²) in [6, 6.07) is 17.3. The molecule has 96 valence electrons. The number of aliphatic hydroxyl groups excluding tert-OH is 1. The first kappa shape index (κ1) is 13.1. The Kier molecular flexibility index (Phi) is 4.56. The lowest BCUT2D eigenvalue weighted by molar-refractivity contribution is 0.264. The van der Waals surface area contributed by atoms with Crippen LogP contribution in [0.4, 0.5) is 5.69 Å². The summed E-state index contributed by atoms with van der Waals surface area (Å²) in [5.74, 6) is -0.0656. The standard InChI is InChI=1S/C15H15N3O/c16-18-17-15-9-5-4-8-14(15)13(11-19)10-12-6-2-1-3-7-12/h1-9,13,19H,10-11H2. The zero-order valence-corrected chi connectivity index (χ0v) is 10.5. The average Bonchev–Trinajstić information content (AvgIpc) is 2.47. The lowest BCUT2D eigenvalue weighted by Crippen LogP contribution is -2.08. The van der Waals surface area contributed by atoms with E-state index in [0.717, 1.165) is 17.5 Å². The topological polar surface area (TPSA) is 69.0 Å². The SMILES string of the molecule is [N-]=[N+]=Nc1ccccc1C(CO)Cc1ccccc1. The van der Waals surface area contributed by atoms with Gasteiger partial charge in [0.25, 0.3) is 0 Å². The van der Waals surface area contributed by atoms with E-state index in [1.807, 2.05) is 48.5 Å². The fraction of sp³-hybridized carbons (Fsp3) is 0.200. The van der Waals surface area contributed by atoms with Crippen molar-refractivity contribution in [1.82, 2.24) is 0 Å². The van der Waals surface area contributed by atoms with Crippen molar-refractivity contribution in [3.8, 4) is 0 Å². The molecule has 1 N–H and O–H groups in total. The van der Waals surface area contributed by atoms with Gasteiger partial charge >= 0.3 is 0 Å². The zero-order chi connectivity index (χ0) is 13.5. The Morgan fingerprint density at radius 1 is 1.05 bits per heavy atom. The van der Waals surface area contributed by atoms with Crippen LogP contribution in [0.25, 0.3) is 10.4 Å². The molecule has 4 nitrogen and oxygen atoms in total. The van der Waals surface area contributed by atoms with Crippen molar-refractivity contribution >= 4 is 5.69 Å². The first-order valence-electron chi connectivity index (χ1n) is 6.14. The molecule has 0 fully saturated rings. The van der Waals surface area contributed by atoms with Crippen molar-refractivity contribution in [2.75, 3.05) is 6.61 Å². The van der Waals surface area contributed by atoms with Crippen LogP contribution in [0.15, 0.2) is 59.7 Å². The lowest BCUT2D eigenvalue weighted by atomic mass is 9.91. The average molecular weight is 253 g/mol. The van der Waals surface area contributed by atoms with Crippen molar-refractivity contribution < 1.29 is 5.11 Å². The summed E-state index contributed by atoms with van der Waals surface area (Å²) in [6.07, 6.45) is 0.718. The third kappa shape index (κ3) is 3.35. The summed E-state index contributed by atoms with van der Waals surface area (Å²) in [7, 11) is 0. The number of hydrogen-bond acceptors (Lipinski definition) is 2. The molecule has 0 radical (unpaired) electrons. The van der Waals surface area contributed by atoms with Crippen LogP contribution in [-0.4, -0.2) is 11.7 Å². The van der Waals surface area contributed by atoms with E-state index in [2.05, 4.69) is 10.0 Å². The molecule has 2 aromatic rings. The van der Waals surface area contributed by atoms with Gasteiger partial charge in [-0.05, 0) is 23.1 Å². The van der Waals surface area contributed by atoms with Crippen LogP contribution in [0.5, 0.6) is 0 Å². The minimum absolute atomic E-state index is 0.0207. The molecule has 0 aliphatic carbocycles. The predicted octanol–water partition coefficient (Wildman–Crippen LogP) is 3.95. The first-order chi connectivity index (χ1) is 9.35. The van der Waals surface area contributed by atoms with Gasteiger partial charge in [-0.15, -0.1) is 0 Å². The second-order valence-electron chi connectivity index (χ2n) is 4.32. The van der Waals surface area contributed by atoms with E-state index in [4.69, 9.17) is 5.53 Å². The van der Waals surface area contributed by atoms with Crippen LogP contribution >= 0.6 is 0 Å². The Labute approximate surface area is 112 Å². The van der Waals surface area contributed by atoms with Crippen molar-refractivity contribution in [3.05, 3.63) is 76.2 Å². The Bertz CT molecular complexity index is 577. The van der Waals surface area contributed by atoms with Gasteiger partial charge in [-0.1, -0.05) is 59.7 Å². The Hall–Kier alpha value is -2.29. The van der Waals surface area contributed by atoms with Gasteiger partial charge in [0, 0.05) is 16.5 Å². The number of nitrogens with zero attached hydrogens (tertiary/aromatic N) is 3. The van der Waals surface area contributed by atoms with Crippen molar-refractivity contribution in [3.63, 3.8) is 0 Å². The number of hydrogen-bond donors (Lipinski definition) is 1. The van der Waals surface area contributed by atoms with Crippen LogP contribution in [0.2, 0.25) is 0 Å². The second kappa shape index (κ2) is 6.59. The molecule has 2 aromatic carbocycles. The van der Waals surface area contributed by atoms with Gasteiger partial charge in [0.15, 0.2) is 0 Å². The molecule has 0 aliphatic heterocycles. The highest BCUT2D eigenvalue weighted by molar-refractivity contribution is 5.48. The number of azide groups is 1. The molecular weight excluding hydrogens is 238 g/mol. The maximum Gasteiger partial charge on any atom is 0.0503 e. The normalized spacial score (nSPS) is 11.6. The van der Waals surface area contributed by atoms with Crippen LogP contribution in [0.1, 0.15) is 17.0 Å². The molecule has 0 aliphatic rings. The number of benzene rings is 2. The highest BCUT2D eigenvalue weighted by Crippen LogP contribution is 2.29. The molecule has 2 rings (SSSR count). The molecule has 0 heterocycles. The Morgan fingerprint density at radius 2 is 1.74 bits per heavy atom. The van der Waals surface area contributed by atoms with Gasteiger partial charge in [0.2, 0.25) is 0 Å². The predicted molar refractivity (Wildman–Crippen MR) is 75.2 cm³/mol. The second-order valence-corrected chi connectivity index (χ2v) is 4.32. The molecule has 1 atom stereocenters. The molecule has 19 heavy (non-hydrogen) atoms. The summed E-state index contributed by atoms with van der Waals surface area (Å²) in [6.45, 7) is 0.0207. The van der Waals surface area contributed by atoms with E-state index >= 15 is 0 Å². The maximum absolute atomic E-state index is 9.60. The summed E-state index contributed by atoms with van der Waals surface area (Å²) >= 11 is 0. The van der Waals surface area contributed by atoms with E-state index in [1.54, 1.807) is 6.07 Å². The Balaban J connectivity index is 2.29. The highest BCUT2D eigenvalue weighted by Gasteiger charge is 2.14.